The van der Waals surface area contributed by atoms with Crippen LogP contribution in [0.3, 0.4) is 0 Å². The fourth-order valence-electron chi connectivity index (χ4n) is 5.04. The number of carbonyl (C=O) groups excluding carboxylic acids is 2. The van der Waals surface area contributed by atoms with Gasteiger partial charge in [-0.3, -0.25) is 23.9 Å². The Kier molecular flexibility index (Phi) is 9.25. The number of pyridine rings is 1. The van der Waals surface area contributed by atoms with Gasteiger partial charge >= 0.3 is 5.97 Å². The summed E-state index contributed by atoms with van der Waals surface area (Å²) in [6.07, 6.45) is 3.66. The lowest BCUT2D eigenvalue weighted by Crippen LogP contribution is -2.41. The number of hydrogen-bond acceptors (Lipinski definition) is 8. The third-order valence-electron chi connectivity index (χ3n) is 7.04. The summed E-state index contributed by atoms with van der Waals surface area (Å²) in [5.41, 5.74) is 1.90. The van der Waals surface area contributed by atoms with Gasteiger partial charge in [-0.25, -0.2) is 0 Å². The van der Waals surface area contributed by atoms with E-state index in [1.165, 1.54) is 11.8 Å². The zero-order valence-corrected chi connectivity index (χ0v) is 24.1. The highest BCUT2D eigenvalue weighted by molar-refractivity contribution is 8.26. The molecule has 204 valence electrons. The first-order valence-electron chi connectivity index (χ1n) is 13.2. The molecule has 2 aromatic rings. The molecule has 0 aliphatic carbocycles. The smallest absolute Gasteiger partial charge is 0.309 e. The molecule has 10 heteroatoms. The van der Waals surface area contributed by atoms with Crippen molar-refractivity contribution in [3.8, 4) is 6.07 Å². The number of hydrogen-bond donors (Lipinski definition) is 0. The van der Waals surface area contributed by atoms with E-state index >= 15 is 0 Å². The molecule has 1 amide bonds. The first-order valence-corrected chi connectivity index (χ1v) is 14.4. The Morgan fingerprint density at radius 1 is 1.21 bits per heavy atom. The fourth-order valence-corrected chi connectivity index (χ4v) is 6.27. The lowest BCUT2D eigenvalue weighted by Gasteiger charge is -2.35. The van der Waals surface area contributed by atoms with Crippen molar-refractivity contribution in [3.63, 3.8) is 0 Å². The van der Waals surface area contributed by atoms with Crippen LogP contribution < -0.4 is 10.5 Å². The number of benzene rings is 1. The van der Waals surface area contributed by atoms with Crippen molar-refractivity contribution in [3.05, 3.63) is 67.8 Å². The van der Waals surface area contributed by atoms with E-state index in [0.717, 1.165) is 5.56 Å². The normalized spacial score (nSPS) is 17.1. The minimum Gasteiger partial charge on any atom is -0.466 e. The number of amides is 1. The van der Waals surface area contributed by atoms with E-state index in [9.17, 15) is 19.6 Å². The van der Waals surface area contributed by atoms with E-state index in [0.29, 0.717) is 78.2 Å². The van der Waals surface area contributed by atoms with Crippen LogP contribution in [0.15, 0.2) is 40.0 Å². The zero-order valence-electron chi connectivity index (χ0n) is 22.4. The van der Waals surface area contributed by atoms with Gasteiger partial charge in [-0.15, -0.1) is 0 Å². The monoisotopic (exact) mass is 564 g/mol. The van der Waals surface area contributed by atoms with Crippen molar-refractivity contribution in [1.82, 2.24) is 9.47 Å². The van der Waals surface area contributed by atoms with Crippen LogP contribution in [0.1, 0.15) is 55.4 Å². The van der Waals surface area contributed by atoms with Crippen LogP contribution in [0.4, 0.5) is 5.82 Å². The van der Waals surface area contributed by atoms with Crippen LogP contribution in [0.5, 0.6) is 0 Å². The lowest BCUT2D eigenvalue weighted by molar-refractivity contribution is -0.148. The molecule has 0 saturated carbocycles. The van der Waals surface area contributed by atoms with Gasteiger partial charge < -0.3 is 9.64 Å². The first kappa shape index (κ1) is 28.6. The molecule has 2 aliphatic heterocycles. The van der Waals surface area contributed by atoms with Crippen molar-refractivity contribution in [1.29, 1.82) is 5.26 Å². The third-order valence-corrected chi connectivity index (χ3v) is 8.42. The summed E-state index contributed by atoms with van der Waals surface area (Å²) in [4.78, 5) is 43.3. The molecule has 0 bridgehead atoms. The maximum Gasteiger partial charge on any atom is 0.309 e. The van der Waals surface area contributed by atoms with Crippen molar-refractivity contribution in [2.75, 3.05) is 24.6 Å². The summed E-state index contributed by atoms with van der Waals surface area (Å²) in [7, 11) is 0. The van der Waals surface area contributed by atoms with Gasteiger partial charge in [0.15, 0.2) is 0 Å². The Morgan fingerprint density at radius 3 is 2.51 bits per heavy atom. The number of nitriles is 1. The predicted molar refractivity (Wildman–Crippen MR) is 157 cm³/mol. The molecular formula is C29H32N4O4S2. The number of anilines is 1. The predicted octanol–water partition coefficient (Wildman–Crippen LogP) is 4.62. The van der Waals surface area contributed by atoms with Gasteiger partial charge in [-0.2, -0.15) is 5.26 Å². The van der Waals surface area contributed by atoms with E-state index in [4.69, 9.17) is 17.0 Å². The molecule has 0 N–H and O–H groups in total. The lowest BCUT2D eigenvalue weighted by atomic mass is 9.95. The van der Waals surface area contributed by atoms with Crippen LogP contribution in [-0.2, 0) is 27.4 Å². The van der Waals surface area contributed by atoms with E-state index in [1.807, 2.05) is 37.3 Å². The number of carbonyl (C=O) groups is 2. The van der Waals surface area contributed by atoms with Crippen LogP contribution in [0, 0.1) is 24.2 Å². The largest absolute Gasteiger partial charge is 0.466 e. The number of piperidine rings is 1. The highest BCUT2D eigenvalue weighted by Crippen LogP contribution is 2.37. The van der Waals surface area contributed by atoms with E-state index in [1.54, 1.807) is 29.4 Å². The molecule has 0 spiro atoms. The van der Waals surface area contributed by atoms with E-state index in [2.05, 4.69) is 11.0 Å². The topological polar surface area (TPSA) is 95.6 Å². The number of esters is 1. The number of aromatic nitrogens is 1. The van der Waals surface area contributed by atoms with Crippen molar-refractivity contribution >= 4 is 52.1 Å². The first-order chi connectivity index (χ1) is 18.8. The number of ether oxygens (including phenoxy) is 1. The molecule has 3 heterocycles. The molecule has 39 heavy (non-hydrogen) atoms. The zero-order chi connectivity index (χ0) is 28.1. The van der Waals surface area contributed by atoms with Gasteiger partial charge in [0.25, 0.3) is 11.5 Å². The Morgan fingerprint density at radius 2 is 1.90 bits per heavy atom. The molecule has 2 saturated heterocycles. The van der Waals surface area contributed by atoms with Crippen molar-refractivity contribution in [2.45, 2.75) is 53.1 Å². The summed E-state index contributed by atoms with van der Waals surface area (Å²) in [6, 6.07) is 11.7. The molecule has 0 atom stereocenters. The van der Waals surface area contributed by atoms with Gasteiger partial charge in [0.1, 0.15) is 21.8 Å². The molecule has 4 rings (SSSR count). The van der Waals surface area contributed by atoms with Gasteiger partial charge in [-0.05, 0) is 50.3 Å². The molecule has 2 aliphatic rings. The molecule has 1 aromatic carbocycles. The SMILES string of the molecule is CCCn1c(N2CCC(C(=O)OCC)CC2)c(C=C2SC(=S)N(Cc3ccccc3)C2=O)c(C)c(C#N)c1=O. The Labute approximate surface area is 238 Å². The van der Waals surface area contributed by atoms with Gasteiger partial charge in [0.05, 0.1) is 24.0 Å². The van der Waals surface area contributed by atoms with Crippen LogP contribution in [0.2, 0.25) is 0 Å². The summed E-state index contributed by atoms with van der Waals surface area (Å²) >= 11 is 6.79. The van der Waals surface area contributed by atoms with Crippen molar-refractivity contribution < 1.29 is 14.3 Å². The number of thioether (sulfide) groups is 1. The average Bonchev–Trinajstić information content (AvgIpc) is 3.20. The van der Waals surface area contributed by atoms with Gasteiger partial charge in [0.2, 0.25) is 0 Å². The molecule has 2 fully saturated rings. The second kappa shape index (κ2) is 12.6. The maximum atomic E-state index is 13.5. The number of nitrogens with zero attached hydrogens (tertiary/aromatic N) is 4. The Bertz CT molecular complexity index is 1400. The summed E-state index contributed by atoms with van der Waals surface area (Å²) in [6.45, 7) is 7.76. The molecule has 8 nitrogen and oxygen atoms in total. The minimum absolute atomic E-state index is 0.0691. The van der Waals surface area contributed by atoms with Crippen LogP contribution in [-0.4, -0.2) is 45.4 Å². The highest BCUT2D eigenvalue weighted by atomic mass is 32.2. The average molecular weight is 565 g/mol. The van der Waals surface area contributed by atoms with Gasteiger partial charge in [0, 0.05) is 25.2 Å². The van der Waals surface area contributed by atoms with E-state index < -0.39 is 0 Å². The number of rotatable bonds is 8. The summed E-state index contributed by atoms with van der Waals surface area (Å²) in [5.74, 6) is 0.0899. The highest BCUT2D eigenvalue weighted by Gasteiger charge is 2.34. The Hall–Kier alpha value is -3.42. The second-order valence-electron chi connectivity index (χ2n) is 9.57. The van der Waals surface area contributed by atoms with Crippen molar-refractivity contribution in [2.24, 2.45) is 5.92 Å². The standard InChI is InChI=1S/C29H32N4O4S2/c1-4-13-32-25(31-14-11-21(12-15-31)28(36)37-5-2)22(19(3)23(17-30)26(32)34)16-24-27(35)33(29(38)39-24)18-20-9-7-6-8-10-20/h6-10,16,21H,4-5,11-15,18H2,1-3H3. The Balaban J connectivity index is 1.76. The molecular weight excluding hydrogens is 532 g/mol. The van der Waals surface area contributed by atoms with Gasteiger partial charge in [-0.1, -0.05) is 61.2 Å². The maximum absolute atomic E-state index is 13.5. The summed E-state index contributed by atoms with van der Waals surface area (Å²) in [5, 5.41) is 9.87. The quantitative estimate of drug-likeness (QED) is 0.260. The second-order valence-corrected chi connectivity index (χ2v) is 11.2. The molecule has 0 radical (unpaired) electrons. The molecule has 0 unspecified atom stereocenters. The summed E-state index contributed by atoms with van der Waals surface area (Å²) < 4.78 is 7.34. The fraction of sp³-hybridized carbons (Fsp3) is 0.414. The van der Waals surface area contributed by atoms with E-state index in [-0.39, 0.29) is 28.9 Å². The third kappa shape index (κ3) is 5.94. The molecule has 1 aromatic heterocycles. The van der Waals surface area contributed by atoms with Crippen LogP contribution in [0.25, 0.3) is 6.08 Å². The van der Waals surface area contributed by atoms with Crippen LogP contribution >= 0.6 is 24.0 Å². The number of thiocarbonyl (C=S) groups is 1. The minimum atomic E-state index is -0.340.